The molecule has 1 atom stereocenters. The molecular formula is C14H17F2NO3. The van der Waals surface area contributed by atoms with E-state index in [-0.39, 0.29) is 17.6 Å². The van der Waals surface area contributed by atoms with Gasteiger partial charge >= 0.3 is 5.97 Å². The molecule has 0 bridgehead atoms. The molecule has 110 valence electrons. The van der Waals surface area contributed by atoms with Crippen molar-refractivity contribution in [3.63, 3.8) is 0 Å². The second kappa shape index (κ2) is 6.17. The SMILES string of the molecule is CC(Nc1c(F)cc(C(=O)O)cc1F)C1CCOCC1. The summed E-state index contributed by atoms with van der Waals surface area (Å²) in [6.45, 7) is 3.17. The first-order chi connectivity index (χ1) is 9.49. The van der Waals surface area contributed by atoms with Gasteiger partial charge in [-0.3, -0.25) is 0 Å². The summed E-state index contributed by atoms with van der Waals surface area (Å²) < 4.78 is 32.9. The van der Waals surface area contributed by atoms with Crippen LogP contribution in [0.5, 0.6) is 0 Å². The maximum absolute atomic E-state index is 13.8. The number of nitrogens with one attached hydrogen (secondary N) is 1. The number of hydrogen-bond acceptors (Lipinski definition) is 3. The van der Waals surface area contributed by atoms with Gasteiger partial charge in [0.2, 0.25) is 0 Å². The lowest BCUT2D eigenvalue weighted by Gasteiger charge is -2.29. The van der Waals surface area contributed by atoms with Crippen LogP contribution in [-0.4, -0.2) is 30.3 Å². The monoisotopic (exact) mass is 285 g/mol. The van der Waals surface area contributed by atoms with Gasteiger partial charge in [0, 0.05) is 19.3 Å². The highest BCUT2D eigenvalue weighted by atomic mass is 19.1. The maximum Gasteiger partial charge on any atom is 0.335 e. The molecule has 1 heterocycles. The number of rotatable bonds is 4. The zero-order chi connectivity index (χ0) is 14.7. The van der Waals surface area contributed by atoms with Crippen molar-refractivity contribution in [1.82, 2.24) is 0 Å². The number of carbonyl (C=O) groups is 1. The summed E-state index contributed by atoms with van der Waals surface area (Å²) >= 11 is 0. The van der Waals surface area contributed by atoms with Gasteiger partial charge in [0.25, 0.3) is 0 Å². The Morgan fingerprint density at radius 2 is 1.90 bits per heavy atom. The molecule has 0 radical (unpaired) electrons. The summed E-state index contributed by atoms with van der Waals surface area (Å²) in [7, 11) is 0. The summed E-state index contributed by atoms with van der Waals surface area (Å²) in [6, 6.07) is 1.54. The predicted octanol–water partition coefficient (Wildman–Crippen LogP) is 2.89. The molecule has 6 heteroatoms. The van der Waals surface area contributed by atoms with Crippen LogP contribution in [0.15, 0.2) is 12.1 Å². The molecule has 1 fully saturated rings. The van der Waals surface area contributed by atoms with Gasteiger partial charge in [0.1, 0.15) is 17.3 Å². The topological polar surface area (TPSA) is 58.6 Å². The molecule has 2 rings (SSSR count). The van der Waals surface area contributed by atoms with E-state index in [0.29, 0.717) is 13.2 Å². The smallest absolute Gasteiger partial charge is 0.335 e. The van der Waals surface area contributed by atoms with Crippen molar-refractivity contribution in [3.05, 3.63) is 29.3 Å². The molecule has 4 nitrogen and oxygen atoms in total. The predicted molar refractivity (Wildman–Crippen MR) is 69.9 cm³/mol. The highest BCUT2D eigenvalue weighted by molar-refractivity contribution is 5.88. The number of benzene rings is 1. The van der Waals surface area contributed by atoms with Crippen LogP contribution in [0.4, 0.5) is 14.5 Å². The molecule has 0 aromatic heterocycles. The van der Waals surface area contributed by atoms with Gasteiger partial charge in [-0.1, -0.05) is 0 Å². The highest BCUT2D eigenvalue weighted by Gasteiger charge is 2.23. The van der Waals surface area contributed by atoms with Gasteiger partial charge in [-0.25, -0.2) is 13.6 Å². The quantitative estimate of drug-likeness (QED) is 0.893. The van der Waals surface area contributed by atoms with E-state index < -0.39 is 23.2 Å². The van der Waals surface area contributed by atoms with Crippen molar-refractivity contribution in [2.24, 2.45) is 5.92 Å². The largest absolute Gasteiger partial charge is 0.478 e. The van der Waals surface area contributed by atoms with E-state index in [1.165, 1.54) is 0 Å². The van der Waals surface area contributed by atoms with Gasteiger partial charge in [-0.2, -0.15) is 0 Å². The Balaban J connectivity index is 2.14. The van der Waals surface area contributed by atoms with Gasteiger partial charge in [-0.05, 0) is 37.8 Å². The summed E-state index contributed by atoms with van der Waals surface area (Å²) in [4.78, 5) is 10.7. The summed E-state index contributed by atoms with van der Waals surface area (Å²) in [5.41, 5.74) is -0.668. The molecule has 1 aromatic carbocycles. The molecule has 1 aliphatic heterocycles. The molecule has 0 spiro atoms. The third-order valence-corrected chi connectivity index (χ3v) is 3.63. The molecule has 0 saturated carbocycles. The van der Waals surface area contributed by atoms with E-state index >= 15 is 0 Å². The Morgan fingerprint density at radius 3 is 2.40 bits per heavy atom. The number of carboxylic acid groups (broad SMARTS) is 1. The molecule has 0 amide bonds. The number of anilines is 1. The Hall–Kier alpha value is -1.69. The maximum atomic E-state index is 13.8. The van der Waals surface area contributed by atoms with Gasteiger partial charge in [0.05, 0.1) is 5.56 Å². The van der Waals surface area contributed by atoms with E-state index in [0.717, 1.165) is 25.0 Å². The standard InChI is InChI=1S/C14H17F2NO3/c1-8(9-2-4-20-5-3-9)17-13-11(15)6-10(14(18)19)7-12(13)16/h6-9,17H,2-5H2,1H3,(H,18,19). The lowest BCUT2D eigenvalue weighted by molar-refractivity contribution is 0.0621. The zero-order valence-electron chi connectivity index (χ0n) is 11.2. The molecule has 2 N–H and O–H groups in total. The zero-order valence-corrected chi connectivity index (χ0v) is 11.2. The van der Waals surface area contributed by atoms with E-state index in [9.17, 15) is 13.6 Å². The molecule has 1 unspecified atom stereocenters. The Bertz CT molecular complexity index is 478. The Kier molecular flexibility index (Phi) is 4.54. The van der Waals surface area contributed by atoms with Crippen LogP contribution in [0.3, 0.4) is 0 Å². The number of ether oxygens (including phenoxy) is 1. The van der Waals surface area contributed by atoms with Gasteiger partial charge in [0.15, 0.2) is 0 Å². The van der Waals surface area contributed by atoms with Crippen molar-refractivity contribution in [2.75, 3.05) is 18.5 Å². The molecule has 1 saturated heterocycles. The average molecular weight is 285 g/mol. The summed E-state index contributed by atoms with van der Waals surface area (Å²) in [5, 5.41) is 11.6. The normalized spacial score (nSPS) is 17.8. The van der Waals surface area contributed by atoms with E-state index in [4.69, 9.17) is 9.84 Å². The first-order valence-electron chi connectivity index (χ1n) is 6.55. The van der Waals surface area contributed by atoms with E-state index in [1.807, 2.05) is 6.92 Å². The van der Waals surface area contributed by atoms with Crippen molar-refractivity contribution in [3.8, 4) is 0 Å². The van der Waals surface area contributed by atoms with Crippen LogP contribution in [0.25, 0.3) is 0 Å². The third-order valence-electron chi connectivity index (χ3n) is 3.63. The first kappa shape index (κ1) is 14.7. The molecule has 0 aliphatic carbocycles. The lowest BCUT2D eigenvalue weighted by atomic mass is 9.92. The van der Waals surface area contributed by atoms with E-state index in [1.54, 1.807) is 0 Å². The van der Waals surface area contributed by atoms with Crippen molar-refractivity contribution in [1.29, 1.82) is 0 Å². The van der Waals surface area contributed by atoms with Crippen LogP contribution in [0.1, 0.15) is 30.1 Å². The van der Waals surface area contributed by atoms with Gasteiger partial charge < -0.3 is 15.2 Å². The van der Waals surface area contributed by atoms with Crippen LogP contribution in [-0.2, 0) is 4.74 Å². The molecule has 1 aromatic rings. The van der Waals surface area contributed by atoms with Crippen LogP contribution in [0, 0.1) is 17.6 Å². The summed E-state index contributed by atoms with van der Waals surface area (Å²) in [6.07, 6.45) is 1.68. The van der Waals surface area contributed by atoms with Gasteiger partial charge in [-0.15, -0.1) is 0 Å². The fourth-order valence-corrected chi connectivity index (χ4v) is 2.40. The van der Waals surface area contributed by atoms with Crippen molar-refractivity contribution in [2.45, 2.75) is 25.8 Å². The average Bonchev–Trinajstić information content (AvgIpc) is 2.43. The first-order valence-corrected chi connectivity index (χ1v) is 6.55. The van der Waals surface area contributed by atoms with Crippen molar-refractivity contribution >= 4 is 11.7 Å². The van der Waals surface area contributed by atoms with Crippen LogP contribution >= 0.6 is 0 Å². The Labute approximate surface area is 115 Å². The second-order valence-electron chi connectivity index (χ2n) is 5.00. The molecular weight excluding hydrogens is 268 g/mol. The minimum absolute atomic E-state index is 0.112. The van der Waals surface area contributed by atoms with Crippen LogP contribution in [0.2, 0.25) is 0 Å². The minimum atomic E-state index is -1.35. The minimum Gasteiger partial charge on any atom is -0.478 e. The lowest BCUT2D eigenvalue weighted by Crippen LogP contribution is -2.31. The van der Waals surface area contributed by atoms with Crippen LogP contribution < -0.4 is 5.32 Å². The Morgan fingerprint density at radius 1 is 1.35 bits per heavy atom. The molecule has 1 aliphatic rings. The second-order valence-corrected chi connectivity index (χ2v) is 5.00. The van der Waals surface area contributed by atoms with Crippen molar-refractivity contribution < 1.29 is 23.4 Å². The fourth-order valence-electron chi connectivity index (χ4n) is 2.40. The molecule has 20 heavy (non-hydrogen) atoms. The number of carboxylic acids is 1. The van der Waals surface area contributed by atoms with E-state index in [2.05, 4.69) is 5.32 Å². The number of aromatic carboxylic acids is 1. The third kappa shape index (κ3) is 3.25. The fraction of sp³-hybridized carbons (Fsp3) is 0.500. The number of halogens is 2. The number of hydrogen-bond donors (Lipinski definition) is 2. The summed E-state index contributed by atoms with van der Waals surface area (Å²) in [5.74, 6) is -2.85. The highest BCUT2D eigenvalue weighted by Crippen LogP contribution is 2.26.